The lowest BCUT2D eigenvalue weighted by molar-refractivity contribution is -0.129. The molecule has 1 unspecified atom stereocenters. The molecule has 2 aromatic carbocycles. The largest absolute Gasteiger partial charge is 0.497 e. The highest BCUT2D eigenvalue weighted by atomic mass is 19.4. The molecule has 37 heavy (non-hydrogen) atoms. The van der Waals surface area contributed by atoms with Gasteiger partial charge in [-0.05, 0) is 49.2 Å². The SMILES string of the molecule is COc1ccc(F)c(N2CCCC(Oc3ccc(N4N=C(C(F)(F)F)[C@@H](C)[C@@H]4COC=O)cc3)CC2)c1. The van der Waals surface area contributed by atoms with Crippen LogP contribution in [-0.4, -0.2) is 57.3 Å². The van der Waals surface area contributed by atoms with E-state index < -0.39 is 23.8 Å². The van der Waals surface area contributed by atoms with Crippen molar-refractivity contribution in [2.24, 2.45) is 11.0 Å². The molecule has 1 saturated heterocycles. The Balaban J connectivity index is 1.42. The van der Waals surface area contributed by atoms with Gasteiger partial charge in [-0.25, -0.2) is 4.39 Å². The van der Waals surface area contributed by atoms with Crippen molar-refractivity contribution in [3.63, 3.8) is 0 Å². The molecule has 7 nitrogen and oxygen atoms in total. The number of hydrogen-bond acceptors (Lipinski definition) is 7. The first kappa shape index (κ1) is 26.6. The fourth-order valence-electron chi connectivity index (χ4n) is 4.75. The van der Waals surface area contributed by atoms with Gasteiger partial charge in [-0.1, -0.05) is 6.92 Å². The lowest BCUT2D eigenvalue weighted by Crippen LogP contribution is -2.38. The van der Waals surface area contributed by atoms with Crippen LogP contribution in [0, 0.1) is 11.7 Å². The van der Waals surface area contributed by atoms with Gasteiger partial charge in [-0.3, -0.25) is 9.80 Å². The third kappa shape index (κ3) is 6.08. The molecule has 2 aliphatic heterocycles. The topological polar surface area (TPSA) is 63.6 Å². The molecule has 200 valence electrons. The third-order valence-corrected chi connectivity index (χ3v) is 6.74. The molecule has 2 aromatic rings. The standard InChI is InChI=1S/C26H29F4N3O4/c1-17-24(15-36-16-34)33(31-25(17)26(28,29)30)18-5-7-20(8-6-18)37-19-4-3-12-32(13-11-19)23-14-21(35-2)9-10-22(23)27/h5-10,14,16-17,19,24H,3-4,11-13,15H2,1-2H3/t17-,19?,24-/m0/s1. The van der Waals surface area contributed by atoms with Gasteiger partial charge in [0.2, 0.25) is 0 Å². The van der Waals surface area contributed by atoms with E-state index in [4.69, 9.17) is 14.2 Å². The van der Waals surface area contributed by atoms with Crippen molar-refractivity contribution < 1.29 is 36.6 Å². The molecular weight excluding hydrogens is 494 g/mol. The van der Waals surface area contributed by atoms with Crippen LogP contribution in [0.2, 0.25) is 0 Å². The summed E-state index contributed by atoms with van der Waals surface area (Å²) in [5, 5.41) is 5.05. The number of alkyl halides is 3. The van der Waals surface area contributed by atoms with Gasteiger partial charge in [0.05, 0.1) is 24.5 Å². The van der Waals surface area contributed by atoms with E-state index in [9.17, 15) is 22.4 Å². The van der Waals surface area contributed by atoms with Crippen molar-refractivity contribution in [3.05, 3.63) is 48.3 Å². The van der Waals surface area contributed by atoms with Crippen LogP contribution in [-0.2, 0) is 9.53 Å². The summed E-state index contributed by atoms with van der Waals surface area (Å²) in [5.41, 5.74) is 0.0115. The normalized spacial score (nSPS) is 22.3. The van der Waals surface area contributed by atoms with Gasteiger partial charge in [0.1, 0.15) is 35.7 Å². The Morgan fingerprint density at radius 1 is 1.08 bits per heavy atom. The summed E-state index contributed by atoms with van der Waals surface area (Å²) < 4.78 is 70.9. The van der Waals surface area contributed by atoms with E-state index in [2.05, 4.69) is 5.10 Å². The molecule has 1 fully saturated rings. The predicted molar refractivity (Wildman–Crippen MR) is 131 cm³/mol. The molecule has 0 bridgehead atoms. The lowest BCUT2D eigenvalue weighted by Gasteiger charge is -2.26. The zero-order valence-corrected chi connectivity index (χ0v) is 20.6. The summed E-state index contributed by atoms with van der Waals surface area (Å²) >= 11 is 0. The molecule has 11 heteroatoms. The summed E-state index contributed by atoms with van der Waals surface area (Å²) in [6.07, 6.45) is -2.43. The van der Waals surface area contributed by atoms with Gasteiger partial charge < -0.3 is 19.1 Å². The quantitative estimate of drug-likeness (QED) is 0.351. The predicted octanol–water partition coefficient (Wildman–Crippen LogP) is 5.19. The average molecular weight is 524 g/mol. The highest BCUT2D eigenvalue weighted by molar-refractivity contribution is 5.95. The van der Waals surface area contributed by atoms with Crippen LogP contribution in [0.1, 0.15) is 26.2 Å². The van der Waals surface area contributed by atoms with E-state index in [0.717, 1.165) is 12.8 Å². The number of carbonyl (C=O) groups excluding carboxylic acids is 1. The Hall–Kier alpha value is -3.50. The number of hydrazone groups is 1. The zero-order chi connectivity index (χ0) is 26.6. The second-order valence-electron chi connectivity index (χ2n) is 9.08. The Kier molecular flexibility index (Phi) is 8.09. The maximum Gasteiger partial charge on any atom is 0.431 e. The van der Waals surface area contributed by atoms with Crippen LogP contribution >= 0.6 is 0 Å². The first-order chi connectivity index (χ1) is 17.7. The molecule has 0 spiro atoms. The number of anilines is 2. The second-order valence-corrected chi connectivity index (χ2v) is 9.08. The minimum Gasteiger partial charge on any atom is -0.497 e. The minimum absolute atomic E-state index is 0.0973. The van der Waals surface area contributed by atoms with E-state index in [1.54, 1.807) is 43.5 Å². The number of hydrogen-bond donors (Lipinski definition) is 0. The van der Waals surface area contributed by atoms with Crippen molar-refractivity contribution in [1.29, 1.82) is 0 Å². The van der Waals surface area contributed by atoms with Crippen molar-refractivity contribution in [3.8, 4) is 11.5 Å². The fourth-order valence-corrected chi connectivity index (χ4v) is 4.75. The van der Waals surface area contributed by atoms with E-state index in [-0.39, 0.29) is 25.0 Å². The lowest BCUT2D eigenvalue weighted by atomic mass is 9.97. The maximum atomic E-state index is 14.4. The summed E-state index contributed by atoms with van der Waals surface area (Å²) in [5.74, 6) is -0.116. The Morgan fingerprint density at radius 2 is 1.81 bits per heavy atom. The molecule has 2 heterocycles. The molecule has 0 aromatic heterocycles. The number of methoxy groups -OCH3 is 1. The summed E-state index contributed by atoms with van der Waals surface area (Å²) in [6, 6.07) is 10.5. The van der Waals surface area contributed by atoms with Crippen molar-refractivity contribution >= 4 is 23.6 Å². The van der Waals surface area contributed by atoms with Crippen molar-refractivity contribution in [2.75, 3.05) is 36.7 Å². The van der Waals surface area contributed by atoms with Crippen LogP contribution in [0.4, 0.5) is 28.9 Å². The first-order valence-corrected chi connectivity index (χ1v) is 12.1. The number of rotatable bonds is 8. The van der Waals surface area contributed by atoms with E-state index >= 15 is 0 Å². The molecule has 0 aliphatic carbocycles. The maximum absolute atomic E-state index is 14.4. The number of halogens is 4. The van der Waals surface area contributed by atoms with Gasteiger partial charge >= 0.3 is 6.18 Å². The minimum atomic E-state index is -4.59. The molecule has 2 aliphatic rings. The Morgan fingerprint density at radius 3 is 2.49 bits per heavy atom. The van der Waals surface area contributed by atoms with Crippen molar-refractivity contribution in [2.45, 2.75) is 44.5 Å². The summed E-state index contributed by atoms with van der Waals surface area (Å²) in [7, 11) is 1.54. The smallest absolute Gasteiger partial charge is 0.431 e. The fraction of sp³-hybridized carbons (Fsp3) is 0.462. The molecule has 0 N–H and O–H groups in total. The highest BCUT2D eigenvalue weighted by Crippen LogP contribution is 2.36. The van der Waals surface area contributed by atoms with Gasteiger partial charge in [0.25, 0.3) is 6.47 Å². The van der Waals surface area contributed by atoms with Crippen LogP contribution in [0.15, 0.2) is 47.6 Å². The van der Waals surface area contributed by atoms with E-state index in [1.165, 1.54) is 18.0 Å². The number of nitrogens with zero attached hydrogens (tertiary/aromatic N) is 3. The van der Waals surface area contributed by atoms with Crippen molar-refractivity contribution in [1.82, 2.24) is 0 Å². The Bertz CT molecular complexity index is 1110. The first-order valence-electron chi connectivity index (χ1n) is 12.1. The number of carbonyl (C=O) groups is 1. The third-order valence-electron chi connectivity index (χ3n) is 6.74. The van der Waals surface area contributed by atoms with Crippen LogP contribution in [0.5, 0.6) is 11.5 Å². The van der Waals surface area contributed by atoms with E-state index in [0.29, 0.717) is 42.4 Å². The molecular formula is C26H29F4N3O4. The van der Waals surface area contributed by atoms with Gasteiger partial charge in [-0.2, -0.15) is 18.3 Å². The molecule has 3 atom stereocenters. The van der Waals surface area contributed by atoms with Gasteiger partial charge in [0, 0.05) is 31.5 Å². The second kappa shape index (κ2) is 11.3. The van der Waals surface area contributed by atoms with Crippen LogP contribution in [0.3, 0.4) is 0 Å². The van der Waals surface area contributed by atoms with Gasteiger partial charge in [0.15, 0.2) is 0 Å². The monoisotopic (exact) mass is 523 g/mol. The van der Waals surface area contributed by atoms with E-state index in [1.807, 2.05) is 4.90 Å². The molecule has 0 amide bonds. The van der Waals surface area contributed by atoms with Crippen LogP contribution in [0.25, 0.3) is 0 Å². The summed E-state index contributed by atoms with van der Waals surface area (Å²) in [6.45, 7) is 2.68. The average Bonchev–Trinajstić information content (AvgIpc) is 3.04. The number of benzene rings is 2. The highest BCUT2D eigenvalue weighted by Gasteiger charge is 2.48. The molecule has 4 rings (SSSR count). The zero-order valence-electron chi connectivity index (χ0n) is 20.6. The molecule has 0 radical (unpaired) electrons. The van der Waals surface area contributed by atoms with Gasteiger partial charge in [-0.15, -0.1) is 0 Å². The molecule has 0 saturated carbocycles. The van der Waals surface area contributed by atoms with Crippen LogP contribution < -0.4 is 19.4 Å². The Labute approximate surface area is 212 Å². The number of ether oxygens (including phenoxy) is 3. The summed E-state index contributed by atoms with van der Waals surface area (Å²) in [4.78, 5) is 12.6.